The third-order valence-electron chi connectivity index (χ3n) is 4.31. The molecule has 1 saturated carbocycles. The Morgan fingerprint density at radius 3 is 2.41 bits per heavy atom. The van der Waals surface area contributed by atoms with Crippen molar-refractivity contribution in [1.82, 2.24) is 5.32 Å². The van der Waals surface area contributed by atoms with E-state index in [4.69, 9.17) is 0 Å². The van der Waals surface area contributed by atoms with Gasteiger partial charge in [0.1, 0.15) is 0 Å². The lowest BCUT2D eigenvalue weighted by Crippen LogP contribution is -2.33. The van der Waals surface area contributed by atoms with Crippen molar-refractivity contribution in [1.29, 1.82) is 0 Å². The van der Waals surface area contributed by atoms with Gasteiger partial charge in [0.05, 0.1) is 0 Å². The fourth-order valence-corrected chi connectivity index (χ4v) is 3.54. The molecule has 1 aromatic rings. The first-order valence-corrected chi connectivity index (χ1v) is 7.70. The van der Waals surface area contributed by atoms with Gasteiger partial charge >= 0.3 is 0 Å². The van der Waals surface area contributed by atoms with E-state index in [0.29, 0.717) is 17.4 Å². The van der Waals surface area contributed by atoms with Crippen LogP contribution in [-0.4, -0.2) is 6.54 Å². The van der Waals surface area contributed by atoms with Crippen LogP contribution in [0.1, 0.15) is 51.5 Å². The largest absolute Gasteiger partial charge is 0.308 e. The summed E-state index contributed by atoms with van der Waals surface area (Å²) in [6, 6.07) is 4.95. The van der Waals surface area contributed by atoms with Crippen LogP contribution in [0.5, 0.6) is 0 Å². The Bertz CT molecular complexity index is 336. The van der Waals surface area contributed by atoms with Crippen LogP contribution in [0.15, 0.2) is 17.5 Å². The highest BCUT2D eigenvalue weighted by Gasteiger charge is 2.45. The van der Waals surface area contributed by atoms with Crippen molar-refractivity contribution < 1.29 is 0 Å². The van der Waals surface area contributed by atoms with Crippen LogP contribution >= 0.6 is 11.3 Å². The third-order valence-corrected chi connectivity index (χ3v) is 5.26. The van der Waals surface area contributed by atoms with Crippen molar-refractivity contribution in [3.8, 4) is 0 Å². The van der Waals surface area contributed by atoms with Crippen LogP contribution in [0.25, 0.3) is 0 Å². The Morgan fingerprint density at radius 1 is 1.29 bits per heavy atom. The molecule has 0 bridgehead atoms. The maximum absolute atomic E-state index is 3.82. The molecule has 17 heavy (non-hydrogen) atoms. The van der Waals surface area contributed by atoms with E-state index in [1.54, 1.807) is 0 Å². The molecule has 1 heterocycles. The molecule has 1 unspecified atom stereocenters. The summed E-state index contributed by atoms with van der Waals surface area (Å²) in [4.78, 5) is 1.49. The molecule has 0 radical (unpaired) electrons. The second-order valence-corrected chi connectivity index (χ2v) is 7.11. The summed E-state index contributed by atoms with van der Waals surface area (Å²) in [5.41, 5.74) is 0.602. The van der Waals surface area contributed by atoms with E-state index in [1.807, 2.05) is 11.3 Å². The number of hydrogen-bond acceptors (Lipinski definition) is 2. The molecule has 0 aromatic carbocycles. The van der Waals surface area contributed by atoms with Gasteiger partial charge in [0.2, 0.25) is 0 Å². The topological polar surface area (TPSA) is 12.0 Å². The Hall–Kier alpha value is -0.340. The molecule has 1 atom stereocenters. The zero-order valence-electron chi connectivity index (χ0n) is 11.5. The molecule has 1 aliphatic rings. The van der Waals surface area contributed by atoms with E-state index in [1.165, 1.54) is 24.3 Å². The van der Waals surface area contributed by atoms with E-state index in [0.717, 1.165) is 5.92 Å². The molecular formula is C15H25NS. The summed E-state index contributed by atoms with van der Waals surface area (Å²) in [6.07, 6.45) is 2.82. The van der Waals surface area contributed by atoms with E-state index < -0.39 is 0 Å². The summed E-state index contributed by atoms with van der Waals surface area (Å²) in [5.74, 6) is 1.47. The highest BCUT2D eigenvalue weighted by Crippen LogP contribution is 2.51. The Labute approximate surface area is 110 Å². The van der Waals surface area contributed by atoms with Gasteiger partial charge in [-0.25, -0.2) is 0 Å². The Morgan fingerprint density at radius 2 is 2.00 bits per heavy atom. The SMILES string of the molecule is CC(C)C(NCC1(C(C)C)CC1)c1cccs1. The van der Waals surface area contributed by atoms with Crippen LogP contribution < -0.4 is 5.32 Å². The van der Waals surface area contributed by atoms with Gasteiger partial charge in [-0.15, -0.1) is 11.3 Å². The predicted octanol–water partition coefficient (Wildman–Crippen LogP) is 4.47. The van der Waals surface area contributed by atoms with Gasteiger partial charge in [0, 0.05) is 17.5 Å². The molecule has 1 aromatic heterocycles. The standard InChI is InChI=1S/C15H25NS/c1-11(2)14(13-6-5-9-17-13)16-10-15(7-8-15)12(3)4/h5-6,9,11-12,14,16H,7-8,10H2,1-4H3. The molecule has 0 amide bonds. The smallest absolute Gasteiger partial charge is 0.0438 e. The highest BCUT2D eigenvalue weighted by atomic mass is 32.1. The molecule has 1 aliphatic carbocycles. The monoisotopic (exact) mass is 251 g/mol. The minimum Gasteiger partial charge on any atom is -0.308 e. The number of nitrogens with one attached hydrogen (secondary N) is 1. The average molecular weight is 251 g/mol. The number of rotatable bonds is 6. The first kappa shape index (κ1) is 13.1. The fraction of sp³-hybridized carbons (Fsp3) is 0.733. The molecule has 2 heteroatoms. The second-order valence-electron chi connectivity index (χ2n) is 6.14. The minimum atomic E-state index is 0.534. The summed E-state index contributed by atoms with van der Waals surface area (Å²) >= 11 is 1.88. The van der Waals surface area contributed by atoms with Gasteiger partial charge < -0.3 is 5.32 Å². The van der Waals surface area contributed by atoms with Crippen LogP contribution in [0.2, 0.25) is 0 Å². The molecule has 96 valence electrons. The predicted molar refractivity (Wildman–Crippen MR) is 76.4 cm³/mol. The normalized spacial score (nSPS) is 19.9. The van der Waals surface area contributed by atoms with Crippen LogP contribution in [-0.2, 0) is 0 Å². The fourth-order valence-electron chi connectivity index (χ4n) is 2.57. The Balaban J connectivity index is 1.96. The first-order valence-electron chi connectivity index (χ1n) is 6.82. The second kappa shape index (κ2) is 5.11. The number of thiophene rings is 1. The maximum Gasteiger partial charge on any atom is 0.0438 e. The van der Waals surface area contributed by atoms with Gasteiger partial charge in [-0.2, -0.15) is 0 Å². The van der Waals surface area contributed by atoms with Crippen LogP contribution in [0, 0.1) is 17.3 Å². The summed E-state index contributed by atoms with van der Waals surface area (Å²) in [5, 5.41) is 6.00. The zero-order valence-corrected chi connectivity index (χ0v) is 12.3. The van der Waals surface area contributed by atoms with E-state index in [9.17, 15) is 0 Å². The quantitative estimate of drug-likeness (QED) is 0.786. The van der Waals surface area contributed by atoms with Crippen molar-refractivity contribution in [2.75, 3.05) is 6.54 Å². The van der Waals surface area contributed by atoms with Gasteiger partial charge in [0.25, 0.3) is 0 Å². The van der Waals surface area contributed by atoms with Crippen molar-refractivity contribution in [3.63, 3.8) is 0 Å². The van der Waals surface area contributed by atoms with Crippen LogP contribution in [0.4, 0.5) is 0 Å². The van der Waals surface area contributed by atoms with Gasteiger partial charge in [-0.3, -0.25) is 0 Å². The average Bonchev–Trinajstić information content (AvgIpc) is 2.86. The third kappa shape index (κ3) is 2.92. The van der Waals surface area contributed by atoms with Crippen molar-refractivity contribution >= 4 is 11.3 Å². The van der Waals surface area contributed by atoms with Gasteiger partial charge in [-0.1, -0.05) is 33.8 Å². The molecule has 0 spiro atoms. The Kier molecular flexibility index (Phi) is 3.94. The van der Waals surface area contributed by atoms with Crippen molar-refractivity contribution in [2.45, 2.75) is 46.6 Å². The molecule has 1 N–H and O–H groups in total. The lowest BCUT2D eigenvalue weighted by molar-refractivity contribution is 0.299. The first-order chi connectivity index (χ1) is 8.05. The molecule has 0 aliphatic heterocycles. The molecule has 2 rings (SSSR count). The van der Waals surface area contributed by atoms with E-state index >= 15 is 0 Å². The molecule has 1 nitrogen and oxygen atoms in total. The summed E-state index contributed by atoms with van der Waals surface area (Å²) < 4.78 is 0. The summed E-state index contributed by atoms with van der Waals surface area (Å²) in [6.45, 7) is 10.5. The molecular weight excluding hydrogens is 226 g/mol. The van der Waals surface area contributed by atoms with E-state index in [2.05, 4.69) is 50.5 Å². The lowest BCUT2D eigenvalue weighted by Gasteiger charge is -2.27. The molecule has 0 saturated heterocycles. The van der Waals surface area contributed by atoms with Gasteiger partial charge in [0.15, 0.2) is 0 Å². The number of hydrogen-bond donors (Lipinski definition) is 1. The van der Waals surface area contributed by atoms with E-state index in [-0.39, 0.29) is 0 Å². The van der Waals surface area contributed by atoms with Gasteiger partial charge in [-0.05, 0) is 41.5 Å². The lowest BCUT2D eigenvalue weighted by atomic mass is 9.91. The van der Waals surface area contributed by atoms with Crippen molar-refractivity contribution in [2.24, 2.45) is 17.3 Å². The maximum atomic E-state index is 3.82. The minimum absolute atomic E-state index is 0.534. The zero-order chi connectivity index (χ0) is 12.5. The molecule has 1 fully saturated rings. The van der Waals surface area contributed by atoms with Crippen LogP contribution in [0.3, 0.4) is 0 Å². The summed E-state index contributed by atoms with van der Waals surface area (Å²) in [7, 11) is 0. The van der Waals surface area contributed by atoms with Crippen molar-refractivity contribution in [3.05, 3.63) is 22.4 Å². The highest BCUT2D eigenvalue weighted by molar-refractivity contribution is 7.10.